The van der Waals surface area contributed by atoms with E-state index >= 15 is 0 Å². The van der Waals surface area contributed by atoms with Gasteiger partial charge in [-0.2, -0.15) is 0 Å². The number of nitro groups is 2. The van der Waals surface area contributed by atoms with E-state index in [1.165, 1.54) is 48.5 Å². The Balaban J connectivity index is 1.45. The van der Waals surface area contributed by atoms with Crippen LogP contribution in [0.15, 0.2) is 48.5 Å². The first-order valence-electron chi connectivity index (χ1n) is 10.9. The van der Waals surface area contributed by atoms with Crippen LogP contribution in [-0.2, 0) is 9.59 Å². The molecular weight excluding hydrogens is 476 g/mol. The van der Waals surface area contributed by atoms with Gasteiger partial charge < -0.3 is 0 Å². The maximum Gasteiger partial charge on any atom is 0.282 e. The van der Waals surface area contributed by atoms with Crippen LogP contribution in [-0.4, -0.2) is 33.5 Å². The monoisotopic (exact) mass is 498 g/mol. The molecule has 188 valence electrons. The van der Waals surface area contributed by atoms with Crippen molar-refractivity contribution < 1.29 is 29.0 Å². The molecule has 0 heterocycles. The molecule has 1 aliphatic carbocycles. The van der Waals surface area contributed by atoms with Crippen molar-refractivity contribution in [3.8, 4) is 0 Å². The molecule has 0 radical (unpaired) electrons. The van der Waals surface area contributed by atoms with Crippen molar-refractivity contribution in [2.45, 2.75) is 25.7 Å². The minimum Gasteiger partial charge on any atom is -0.273 e. The fourth-order valence-corrected chi connectivity index (χ4v) is 3.84. The number of amides is 4. The molecule has 0 saturated heterocycles. The summed E-state index contributed by atoms with van der Waals surface area (Å²) in [6, 6.07) is 10.6. The van der Waals surface area contributed by atoms with E-state index in [4.69, 9.17) is 0 Å². The Morgan fingerprint density at radius 1 is 0.611 bits per heavy atom. The zero-order chi connectivity index (χ0) is 26.2. The maximum absolute atomic E-state index is 12.4. The van der Waals surface area contributed by atoms with E-state index in [9.17, 15) is 39.4 Å². The number of para-hydroxylation sites is 2. The zero-order valence-electron chi connectivity index (χ0n) is 18.8. The van der Waals surface area contributed by atoms with Crippen molar-refractivity contribution in [2.24, 2.45) is 11.8 Å². The predicted octanol–water partition coefficient (Wildman–Crippen LogP) is 1.53. The molecule has 1 aliphatic rings. The molecule has 4 N–H and O–H groups in total. The SMILES string of the molecule is O=C(NNC(=O)C1CCC(C(=O)NNC(=O)c2ccccc2[N+](=O)[O-])CC1)c1ccccc1[N+](=O)[O-]. The molecule has 36 heavy (non-hydrogen) atoms. The van der Waals surface area contributed by atoms with Crippen LogP contribution in [0.5, 0.6) is 0 Å². The number of nitrogens with zero attached hydrogens (tertiary/aromatic N) is 2. The average molecular weight is 498 g/mol. The van der Waals surface area contributed by atoms with Gasteiger partial charge in [-0.15, -0.1) is 0 Å². The molecule has 0 atom stereocenters. The van der Waals surface area contributed by atoms with Crippen molar-refractivity contribution in [2.75, 3.05) is 0 Å². The molecule has 0 unspecified atom stereocenters. The predicted molar refractivity (Wildman–Crippen MR) is 123 cm³/mol. The second-order valence-corrected chi connectivity index (χ2v) is 7.98. The van der Waals surface area contributed by atoms with E-state index in [0.29, 0.717) is 25.7 Å². The molecule has 2 aromatic carbocycles. The van der Waals surface area contributed by atoms with Crippen LogP contribution in [0.3, 0.4) is 0 Å². The lowest BCUT2D eigenvalue weighted by atomic mass is 9.81. The molecular formula is C22H22N6O8. The Morgan fingerprint density at radius 3 is 1.28 bits per heavy atom. The minimum absolute atomic E-state index is 0.203. The number of hydrogen-bond donors (Lipinski definition) is 4. The molecule has 3 rings (SSSR count). The molecule has 0 bridgehead atoms. The van der Waals surface area contributed by atoms with E-state index < -0.39 is 56.7 Å². The number of nitro benzene ring substituents is 2. The quantitative estimate of drug-likeness (QED) is 0.339. The number of rotatable bonds is 6. The highest BCUT2D eigenvalue weighted by molar-refractivity contribution is 5.99. The van der Waals surface area contributed by atoms with Gasteiger partial charge in [0.1, 0.15) is 11.1 Å². The normalized spacial score (nSPS) is 16.8. The van der Waals surface area contributed by atoms with Gasteiger partial charge >= 0.3 is 0 Å². The molecule has 4 amide bonds. The average Bonchev–Trinajstić information content (AvgIpc) is 2.89. The summed E-state index contributed by atoms with van der Waals surface area (Å²) in [5.74, 6) is -3.66. The lowest BCUT2D eigenvalue weighted by Gasteiger charge is -2.27. The van der Waals surface area contributed by atoms with Crippen molar-refractivity contribution in [1.82, 2.24) is 21.7 Å². The Bertz CT molecular complexity index is 1120. The summed E-state index contributed by atoms with van der Waals surface area (Å²) in [5, 5.41) is 22.1. The Kier molecular flexibility index (Phi) is 8.22. The number of benzene rings is 2. The van der Waals surface area contributed by atoms with Crippen LogP contribution >= 0.6 is 0 Å². The molecule has 14 nitrogen and oxygen atoms in total. The highest BCUT2D eigenvalue weighted by atomic mass is 16.6. The van der Waals surface area contributed by atoms with Crippen molar-refractivity contribution >= 4 is 35.0 Å². The fourth-order valence-electron chi connectivity index (χ4n) is 3.84. The Hall–Kier alpha value is -4.88. The molecule has 2 aromatic rings. The Labute approximate surface area is 203 Å². The first-order chi connectivity index (χ1) is 17.2. The van der Waals surface area contributed by atoms with Crippen molar-refractivity contribution in [3.63, 3.8) is 0 Å². The van der Waals surface area contributed by atoms with E-state index in [2.05, 4.69) is 21.7 Å². The smallest absolute Gasteiger partial charge is 0.273 e. The van der Waals surface area contributed by atoms with Gasteiger partial charge in [0, 0.05) is 24.0 Å². The molecule has 0 aliphatic heterocycles. The topological polar surface area (TPSA) is 203 Å². The van der Waals surface area contributed by atoms with Crippen molar-refractivity contribution in [3.05, 3.63) is 79.9 Å². The van der Waals surface area contributed by atoms with Gasteiger partial charge in [-0.25, -0.2) is 0 Å². The summed E-state index contributed by atoms with van der Waals surface area (Å²) < 4.78 is 0. The third-order valence-corrected chi connectivity index (χ3v) is 5.76. The molecule has 0 aromatic heterocycles. The van der Waals surface area contributed by atoms with Crippen LogP contribution in [0.4, 0.5) is 11.4 Å². The van der Waals surface area contributed by atoms with Gasteiger partial charge in [-0.05, 0) is 37.8 Å². The highest BCUT2D eigenvalue weighted by Gasteiger charge is 2.31. The first-order valence-corrected chi connectivity index (χ1v) is 10.9. The summed E-state index contributed by atoms with van der Waals surface area (Å²) in [4.78, 5) is 70.0. The molecule has 0 spiro atoms. The second-order valence-electron chi connectivity index (χ2n) is 7.98. The van der Waals surface area contributed by atoms with Gasteiger partial charge in [0.15, 0.2) is 0 Å². The lowest BCUT2D eigenvalue weighted by molar-refractivity contribution is -0.385. The Morgan fingerprint density at radius 2 is 0.944 bits per heavy atom. The number of carbonyl (C=O) groups excluding carboxylic acids is 4. The zero-order valence-corrected chi connectivity index (χ0v) is 18.8. The summed E-state index contributed by atoms with van der Waals surface area (Å²) in [7, 11) is 0. The van der Waals surface area contributed by atoms with Gasteiger partial charge in [-0.1, -0.05) is 24.3 Å². The summed E-state index contributed by atoms with van der Waals surface area (Å²) in [6.45, 7) is 0. The van der Waals surface area contributed by atoms with Crippen LogP contribution in [0.25, 0.3) is 0 Å². The van der Waals surface area contributed by atoms with Crippen LogP contribution in [0.1, 0.15) is 46.4 Å². The molecule has 1 saturated carbocycles. The summed E-state index contributed by atoms with van der Waals surface area (Å²) in [5.41, 5.74) is 7.65. The van der Waals surface area contributed by atoms with Crippen LogP contribution in [0.2, 0.25) is 0 Å². The van der Waals surface area contributed by atoms with Crippen LogP contribution < -0.4 is 21.7 Å². The van der Waals surface area contributed by atoms with Crippen LogP contribution in [0, 0.1) is 32.1 Å². The first kappa shape index (κ1) is 25.7. The lowest BCUT2D eigenvalue weighted by Crippen LogP contribution is -2.47. The largest absolute Gasteiger partial charge is 0.282 e. The minimum atomic E-state index is -0.835. The van der Waals surface area contributed by atoms with E-state index in [1.54, 1.807) is 0 Å². The standard InChI is InChI=1S/C22H22N6O8/c29-19(23-25-21(31)15-5-1-3-7-17(15)27(33)34)13-9-11-14(12-10-13)20(30)24-26-22(32)16-6-2-4-8-18(16)28(35)36/h1-8,13-14H,9-12H2,(H,23,29)(H,24,30)(H,25,31)(H,26,32). The maximum atomic E-state index is 12.4. The fraction of sp³-hybridized carbons (Fsp3) is 0.273. The summed E-state index contributed by atoms with van der Waals surface area (Å²) in [6.07, 6.45) is 1.29. The third kappa shape index (κ3) is 6.16. The van der Waals surface area contributed by atoms with Crippen molar-refractivity contribution in [1.29, 1.82) is 0 Å². The number of carbonyl (C=O) groups is 4. The highest BCUT2D eigenvalue weighted by Crippen LogP contribution is 2.29. The number of nitrogens with one attached hydrogen (secondary N) is 4. The van der Waals surface area contributed by atoms with E-state index in [1.807, 2.05) is 0 Å². The molecule has 14 heteroatoms. The number of hydrazine groups is 2. The molecule has 1 fully saturated rings. The summed E-state index contributed by atoms with van der Waals surface area (Å²) >= 11 is 0. The van der Waals surface area contributed by atoms with Gasteiger partial charge in [0.05, 0.1) is 9.85 Å². The van der Waals surface area contributed by atoms with Gasteiger partial charge in [0.2, 0.25) is 11.8 Å². The number of hydrogen-bond acceptors (Lipinski definition) is 8. The van der Waals surface area contributed by atoms with Gasteiger partial charge in [-0.3, -0.25) is 61.1 Å². The van der Waals surface area contributed by atoms with E-state index in [0.717, 1.165) is 0 Å². The third-order valence-electron chi connectivity index (χ3n) is 5.76. The van der Waals surface area contributed by atoms with E-state index in [-0.39, 0.29) is 11.1 Å². The second kappa shape index (κ2) is 11.5. The van der Waals surface area contributed by atoms with Gasteiger partial charge in [0.25, 0.3) is 23.2 Å².